The number of hydrogen-bond donors (Lipinski definition) is 8. The van der Waals surface area contributed by atoms with Crippen LogP contribution < -0.4 is 38.9 Å². The Bertz CT molecular complexity index is 842. The maximum Gasteiger partial charge on any atom is 0.327 e. The molecular formula is C27H53N7O7S2. The van der Waals surface area contributed by atoms with E-state index in [1.807, 2.05) is 6.92 Å². The zero-order valence-electron chi connectivity index (χ0n) is 25.5. The van der Waals surface area contributed by atoms with Crippen molar-refractivity contribution in [1.82, 2.24) is 16.0 Å². The van der Waals surface area contributed by atoms with Gasteiger partial charge in [0.2, 0.25) is 17.7 Å². The van der Waals surface area contributed by atoms with Crippen molar-refractivity contribution in [2.75, 3.05) is 31.2 Å². The number of unbranched alkanes of at least 4 members (excludes halogenated alkanes) is 4. The quantitative estimate of drug-likeness (QED) is 0.0348. The van der Waals surface area contributed by atoms with Gasteiger partial charge >= 0.3 is 11.9 Å². The third-order valence-corrected chi connectivity index (χ3v) is 8.81. The zero-order chi connectivity index (χ0) is 32.6. The molecule has 0 bridgehead atoms. The lowest BCUT2D eigenvalue weighted by atomic mass is 10.1. The molecule has 0 spiro atoms. The first-order valence-corrected chi connectivity index (χ1v) is 17.5. The van der Waals surface area contributed by atoms with Crippen molar-refractivity contribution in [3.05, 3.63) is 0 Å². The van der Waals surface area contributed by atoms with E-state index in [1.54, 1.807) is 6.92 Å². The molecule has 0 aromatic rings. The summed E-state index contributed by atoms with van der Waals surface area (Å²) in [5.41, 5.74) is 23.1. The number of nitrogens with one attached hydrogen (secondary N) is 3. The Balaban J connectivity index is 4.97. The van der Waals surface area contributed by atoms with E-state index in [1.165, 1.54) is 10.8 Å². The Hall–Kier alpha value is -2.11. The van der Waals surface area contributed by atoms with Gasteiger partial charge in [-0.1, -0.05) is 54.2 Å². The van der Waals surface area contributed by atoms with E-state index in [2.05, 4.69) is 16.0 Å². The van der Waals surface area contributed by atoms with Crippen LogP contribution in [0.25, 0.3) is 0 Å². The highest BCUT2D eigenvalue weighted by Crippen LogP contribution is 2.23. The van der Waals surface area contributed by atoms with Gasteiger partial charge in [-0.2, -0.15) is 0 Å². The van der Waals surface area contributed by atoms with Gasteiger partial charge in [0.15, 0.2) is 0 Å². The lowest BCUT2D eigenvalue weighted by Gasteiger charge is -2.21. The summed E-state index contributed by atoms with van der Waals surface area (Å²) >= 11 is 0. The number of ether oxygens (including phenoxy) is 1. The summed E-state index contributed by atoms with van der Waals surface area (Å²) in [5.74, 6) is -2.94. The fraction of sp³-hybridized carbons (Fsp3) is 0.815. The zero-order valence-corrected chi connectivity index (χ0v) is 27.1. The Morgan fingerprint density at radius 3 is 1.77 bits per heavy atom. The fourth-order valence-corrected chi connectivity index (χ4v) is 6.04. The molecular weight excluding hydrogens is 598 g/mol. The molecule has 16 heteroatoms. The van der Waals surface area contributed by atoms with Gasteiger partial charge in [0.1, 0.15) is 18.1 Å². The number of carboxylic acids is 1. The first kappa shape index (κ1) is 40.9. The van der Waals surface area contributed by atoms with Crippen molar-refractivity contribution in [3.8, 4) is 0 Å². The molecule has 0 aromatic carbocycles. The molecule has 43 heavy (non-hydrogen) atoms. The van der Waals surface area contributed by atoms with Crippen LogP contribution in [-0.4, -0.2) is 96.2 Å². The average Bonchev–Trinajstić information content (AvgIpc) is 2.97. The van der Waals surface area contributed by atoms with E-state index in [0.29, 0.717) is 58.0 Å². The van der Waals surface area contributed by atoms with Crippen molar-refractivity contribution in [3.63, 3.8) is 0 Å². The van der Waals surface area contributed by atoms with Gasteiger partial charge in [-0.25, -0.2) is 4.79 Å². The maximum absolute atomic E-state index is 13.0. The van der Waals surface area contributed by atoms with Gasteiger partial charge in [-0.3, -0.25) is 19.2 Å². The van der Waals surface area contributed by atoms with E-state index in [4.69, 9.17) is 27.7 Å². The lowest BCUT2D eigenvalue weighted by Crippen LogP contribution is -2.52. The minimum absolute atomic E-state index is 0.0147. The highest BCUT2D eigenvalue weighted by atomic mass is 33.1. The molecule has 0 saturated heterocycles. The Kier molecular flexibility index (Phi) is 24.0. The first-order valence-electron chi connectivity index (χ1n) is 15.0. The number of hydrogen-bond acceptors (Lipinski definition) is 12. The van der Waals surface area contributed by atoms with Crippen LogP contribution in [0.4, 0.5) is 0 Å². The fourth-order valence-electron chi connectivity index (χ4n) is 3.72. The van der Waals surface area contributed by atoms with Crippen LogP contribution in [0, 0.1) is 0 Å². The smallest absolute Gasteiger partial charge is 0.327 e. The molecule has 0 aliphatic carbocycles. The molecule has 0 aliphatic heterocycles. The minimum atomic E-state index is -1.21. The monoisotopic (exact) mass is 651 g/mol. The van der Waals surface area contributed by atoms with E-state index < -0.39 is 59.9 Å². The molecule has 5 atom stereocenters. The van der Waals surface area contributed by atoms with Crippen LogP contribution in [0.3, 0.4) is 0 Å². The Morgan fingerprint density at radius 2 is 1.23 bits per heavy atom. The molecule has 12 N–H and O–H groups in total. The number of amides is 3. The number of nitrogens with two attached hydrogens (primary N) is 4. The van der Waals surface area contributed by atoms with Crippen LogP contribution in [0.15, 0.2) is 0 Å². The topological polar surface area (TPSA) is 255 Å². The summed E-state index contributed by atoms with van der Waals surface area (Å²) in [4.78, 5) is 61.3. The van der Waals surface area contributed by atoms with Crippen LogP contribution in [0.5, 0.6) is 0 Å². The second-order valence-electron chi connectivity index (χ2n) is 10.2. The van der Waals surface area contributed by atoms with E-state index in [-0.39, 0.29) is 18.1 Å². The van der Waals surface area contributed by atoms with Gasteiger partial charge in [0, 0.05) is 18.1 Å². The van der Waals surface area contributed by atoms with Crippen LogP contribution >= 0.6 is 21.6 Å². The van der Waals surface area contributed by atoms with Gasteiger partial charge in [-0.05, 0) is 52.0 Å². The number of aliphatic carboxylic acids is 1. The molecule has 0 heterocycles. The third kappa shape index (κ3) is 19.7. The van der Waals surface area contributed by atoms with E-state index >= 15 is 0 Å². The predicted molar refractivity (Wildman–Crippen MR) is 171 cm³/mol. The highest BCUT2D eigenvalue weighted by Gasteiger charge is 2.26. The number of carbonyl (C=O) groups is 5. The molecule has 0 rings (SSSR count). The van der Waals surface area contributed by atoms with Gasteiger partial charge in [0.05, 0.1) is 18.7 Å². The van der Waals surface area contributed by atoms with E-state index in [0.717, 1.165) is 30.1 Å². The maximum atomic E-state index is 13.0. The molecule has 0 radical (unpaired) electrons. The number of carboxylic acid groups (broad SMARTS) is 1. The van der Waals surface area contributed by atoms with Crippen LogP contribution in [0.2, 0.25) is 0 Å². The highest BCUT2D eigenvalue weighted by molar-refractivity contribution is 8.76. The summed E-state index contributed by atoms with van der Waals surface area (Å²) in [5, 5.41) is 17.5. The summed E-state index contributed by atoms with van der Waals surface area (Å²) in [6, 6.07) is -4.42. The van der Waals surface area contributed by atoms with Crippen LogP contribution in [0.1, 0.15) is 78.1 Å². The van der Waals surface area contributed by atoms with Crippen molar-refractivity contribution in [1.29, 1.82) is 0 Å². The van der Waals surface area contributed by atoms with Gasteiger partial charge in [-0.15, -0.1) is 0 Å². The molecule has 0 saturated carbocycles. The molecule has 0 unspecified atom stereocenters. The van der Waals surface area contributed by atoms with Crippen molar-refractivity contribution >= 4 is 51.2 Å². The Morgan fingerprint density at radius 1 is 0.721 bits per heavy atom. The number of esters is 1. The predicted octanol–water partition coefficient (Wildman–Crippen LogP) is -0.0372. The van der Waals surface area contributed by atoms with E-state index in [9.17, 15) is 29.1 Å². The van der Waals surface area contributed by atoms with Gasteiger partial charge < -0.3 is 48.7 Å². The summed E-state index contributed by atoms with van der Waals surface area (Å²) in [6.45, 7) is 4.79. The number of carbonyl (C=O) groups excluding carboxylic acids is 4. The second-order valence-corrected chi connectivity index (χ2v) is 12.7. The molecule has 14 nitrogen and oxygen atoms in total. The molecule has 3 amide bonds. The summed E-state index contributed by atoms with van der Waals surface area (Å²) in [6.07, 6.45) is 6.54. The lowest BCUT2D eigenvalue weighted by molar-refractivity contribution is -0.145. The Labute approximate surface area is 263 Å². The molecule has 250 valence electrons. The standard InChI is InChI=1S/C27H53N7O7S2/c1-3-5-6-11-18(29)23(35)33-21(25(37)32-15-10-8-13-20(31)27(40)41-4-2)16-42-43-17-22(26(38)39)34-24(36)19(30)12-7-9-14-28/h18-22H,3-17,28-31H2,1-2H3,(H,32,37)(H,33,35)(H,34,36)(H,38,39)/t18-,19-,20-,21-,22-/m0/s1. The average molecular weight is 652 g/mol. The molecule has 0 aromatic heterocycles. The largest absolute Gasteiger partial charge is 0.480 e. The second kappa shape index (κ2) is 25.2. The van der Waals surface area contributed by atoms with Crippen LogP contribution in [-0.2, 0) is 28.7 Å². The summed E-state index contributed by atoms with van der Waals surface area (Å²) < 4.78 is 4.89. The summed E-state index contributed by atoms with van der Waals surface area (Å²) in [7, 11) is 2.34. The normalized spacial score (nSPS) is 14.6. The minimum Gasteiger partial charge on any atom is -0.480 e. The molecule has 0 fully saturated rings. The van der Waals surface area contributed by atoms with Crippen molar-refractivity contribution in [2.24, 2.45) is 22.9 Å². The SMILES string of the molecule is CCCCC[C@H](N)C(=O)N[C@@H](CSSC[C@H](NC(=O)[C@@H](N)CCCCN)C(=O)O)C(=O)NCCCC[C@H](N)C(=O)OCC. The number of rotatable bonds is 26. The van der Waals surface area contributed by atoms with Crippen molar-refractivity contribution < 1.29 is 33.8 Å². The van der Waals surface area contributed by atoms with Crippen molar-refractivity contribution in [2.45, 2.75) is 108 Å². The third-order valence-electron chi connectivity index (χ3n) is 6.39. The molecule has 0 aliphatic rings. The van der Waals surface area contributed by atoms with Gasteiger partial charge in [0.25, 0.3) is 0 Å². The first-order chi connectivity index (χ1) is 20.5.